The van der Waals surface area contributed by atoms with Crippen LogP contribution in [0.15, 0.2) is 18.2 Å². The molecule has 0 saturated carbocycles. The lowest BCUT2D eigenvalue weighted by atomic mass is 10.2. The van der Waals surface area contributed by atoms with Gasteiger partial charge in [0.15, 0.2) is 0 Å². The van der Waals surface area contributed by atoms with E-state index in [1.807, 2.05) is 0 Å². The summed E-state index contributed by atoms with van der Waals surface area (Å²) in [7, 11) is 0. The van der Waals surface area contributed by atoms with Gasteiger partial charge in [0.1, 0.15) is 12.1 Å². The molecule has 0 bridgehead atoms. The third kappa shape index (κ3) is 2.99. The molecule has 6 nitrogen and oxygen atoms in total. The van der Waals surface area contributed by atoms with Crippen LogP contribution in [0.4, 0.5) is 11.4 Å². The van der Waals surface area contributed by atoms with E-state index >= 15 is 0 Å². The lowest BCUT2D eigenvalue weighted by Gasteiger charge is -1.96. The van der Waals surface area contributed by atoms with Gasteiger partial charge in [-0.15, -0.1) is 0 Å². The first kappa shape index (κ1) is 11.5. The van der Waals surface area contributed by atoms with Gasteiger partial charge in [-0.25, -0.2) is 0 Å². The van der Waals surface area contributed by atoms with E-state index in [4.69, 9.17) is 10.8 Å². The lowest BCUT2D eigenvalue weighted by Crippen LogP contribution is -1.96. The molecule has 6 heteroatoms. The van der Waals surface area contributed by atoms with Crippen molar-refractivity contribution >= 4 is 17.3 Å². The van der Waals surface area contributed by atoms with Gasteiger partial charge in [-0.05, 0) is 12.1 Å². The van der Waals surface area contributed by atoms with Gasteiger partial charge in [-0.3, -0.25) is 14.9 Å². The van der Waals surface area contributed by atoms with Crippen molar-refractivity contribution < 1.29 is 14.8 Å². The summed E-state index contributed by atoms with van der Waals surface area (Å²) in [5.41, 5.74) is 5.56. The number of hydrogen-bond acceptors (Lipinski definition) is 4. The zero-order valence-corrected chi connectivity index (χ0v) is 8.14. The summed E-state index contributed by atoms with van der Waals surface area (Å²) in [5.74, 6) is 3.84. The van der Waals surface area contributed by atoms with Crippen molar-refractivity contribution in [3.8, 4) is 11.8 Å². The van der Waals surface area contributed by atoms with Gasteiger partial charge >= 0.3 is 5.97 Å². The van der Waals surface area contributed by atoms with Crippen molar-refractivity contribution in [1.29, 1.82) is 0 Å². The summed E-state index contributed by atoms with van der Waals surface area (Å²) in [5, 5.41) is 18.9. The molecule has 0 fully saturated rings. The summed E-state index contributed by atoms with van der Waals surface area (Å²) in [6.45, 7) is 0. The van der Waals surface area contributed by atoms with Gasteiger partial charge in [-0.2, -0.15) is 0 Å². The second-order valence-corrected chi connectivity index (χ2v) is 2.90. The maximum Gasteiger partial charge on any atom is 0.315 e. The van der Waals surface area contributed by atoms with Crippen LogP contribution < -0.4 is 5.73 Å². The normalized spacial score (nSPS) is 9.00. The van der Waals surface area contributed by atoms with E-state index < -0.39 is 10.9 Å². The molecule has 0 aliphatic heterocycles. The topological polar surface area (TPSA) is 106 Å². The molecular weight excluding hydrogens is 212 g/mol. The molecule has 0 unspecified atom stereocenters. The molecule has 0 saturated heterocycles. The molecule has 1 rings (SSSR count). The fourth-order valence-electron chi connectivity index (χ4n) is 1.00. The number of nitrogen functional groups attached to an aromatic ring is 1. The first-order valence-corrected chi connectivity index (χ1v) is 4.25. The number of benzene rings is 1. The quantitative estimate of drug-likeness (QED) is 0.334. The standard InChI is InChI=1S/C10H8N2O4/c11-8-5-4-7(2-1-3-10(13)14)6-9(8)12(15)16/h4-6H,3,11H2,(H,13,14). The van der Waals surface area contributed by atoms with Crippen LogP contribution in [0.5, 0.6) is 0 Å². The maximum absolute atomic E-state index is 10.5. The highest BCUT2D eigenvalue weighted by Gasteiger charge is 2.10. The fourth-order valence-corrected chi connectivity index (χ4v) is 1.00. The minimum Gasteiger partial charge on any atom is -0.481 e. The number of nitro benzene ring substituents is 1. The molecule has 82 valence electrons. The van der Waals surface area contributed by atoms with E-state index in [9.17, 15) is 14.9 Å². The number of nitrogens with two attached hydrogens (primary N) is 1. The molecule has 16 heavy (non-hydrogen) atoms. The van der Waals surface area contributed by atoms with E-state index in [0.29, 0.717) is 5.56 Å². The second-order valence-electron chi connectivity index (χ2n) is 2.90. The number of carbonyl (C=O) groups is 1. The van der Waals surface area contributed by atoms with E-state index in [-0.39, 0.29) is 17.8 Å². The van der Waals surface area contributed by atoms with Crippen molar-refractivity contribution in [3.05, 3.63) is 33.9 Å². The highest BCUT2D eigenvalue weighted by Crippen LogP contribution is 2.21. The van der Waals surface area contributed by atoms with Crippen molar-refractivity contribution in [2.24, 2.45) is 0 Å². The average Bonchev–Trinajstić information content (AvgIpc) is 2.19. The summed E-state index contributed by atoms with van der Waals surface area (Å²) in [4.78, 5) is 20.1. The molecule has 1 aromatic rings. The average molecular weight is 220 g/mol. The Morgan fingerprint density at radius 2 is 2.25 bits per heavy atom. The lowest BCUT2D eigenvalue weighted by molar-refractivity contribution is -0.383. The van der Waals surface area contributed by atoms with E-state index in [0.717, 1.165) is 0 Å². The minimum absolute atomic E-state index is 0.0498. The molecule has 0 aliphatic carbocycles. The molecule has 1 aromatic carbocycles. The zero-order valence-electron chi connectivity index (χ0n) is 8.14. The van der Waals surface area contributed by atoms with Crippen molar-refractivity contribution in [2.45, 2.75) is 6.42 Å². The predicted molar refractivity (Wildman–Crippen MR) is 56.6 cm³/mol. The van der Waals surface area contributed by atoms with Gasteiger partial charge in [0.2, 0.25) is 0 Å². The third-order valence-corrected chi connectivity index (χ3v) is 1.70. The van der Waals surface area contributed by atoms with Gasteiger partial charge in [-0.1, -0.05) is 11.8 Å². The Bertz CT molecular complexity index is 499. The van der Waals surface area contributed by atoms with Crippen LogP contribution in [-0.4, -0.2) is 16.0 Å². The Labute approximate surface area is 90.8 Å². The number of anilines is 1. The number of nitrogens with zero attached hydrogens (tertiary/aromatic N) is 1. The van der Waals surface area contributed by atoms with Crippen molar-refractivity contribution in [2.75, 3.05) is 5.73 Å². The van der Waals surface area contributed by atoms with Crippen LogP contribution in [-0.2, 0) is 4.79 Å². The van der Waals surface area contributed by atoms with Crippen LogP contribution in [0.25, 0.3) is 0 Å². The largest absolute Gasteiger partial charge is 0.481 e. The first-order valence-electron chi connectivity index (χ1n) is 4.25. The monoisotopic (exact) mass is 220 g/mol. The Kier molecular flexibility index (Phi) is 3.45. The smallest absolute Gasteiger partial charge is 0.315 e. The highest BCUT2D eigenvalue weighted by molar-refractivity contribution is 5.70. The number of hydrogen-bond donors (Lipinski definition) is 2. The van der Waals surface area contributed by atoms with E-state index in [1.165, 1.54) is 18.2 Å². The summed E-state index contributed by atoms with van der Waals surface area (Å²) in [6.07, 6.45) is -0.307. The SMILES string of the molecule is Nc1ccc(C#CCC(=O)O)cc1[N+](=O)[O-]. The van der Waals surface area contributed by atoms with Gasteiger partial charge in [0, 0.05) is 11.6 Å². The molecule has 3 N–H and O–H groups in total. The zero-order chi connectivity index (χ0) is 12.1. The van der Waals surface area contributed by atoms with Crippen LogP contribution in [0.1, 0.15) is 12.0 Å². The fraction of sp³-hybridized carbons (Fsp3) is 0.100. The number of carboxylic acids is 1. The van der Waals surface area contributed by atoms with Crippen molar-refractivity contribution in [3.63, 3.8) is 0 Å². The summed E-state index contributed by atoms with van der Waals surface area (Å²) >= 11 is 0. The number of carboxylic acid groups (broad SMARTS) is 1. The van der Waals surface area contributed by atoms with Crippen LogP contribution in [0.2, 0.25) is 0 Å². The summed E-state index contributed by atoms with van der Waals surface area (Å²) < 4.78 is 0. The number of nitro groups is 1. The molecule has 0 aliphatic rings. The van der Waals surface area contributed by atoms with E-state index in [2.05, 4.69) is 11.8 Å². The third-order valence-electron chi connectivity index (χ3n) is 1.70. The molecular formula is C10H8N2O4. The molecule has 0 spiro atoms. The predicted octanol–water partition coefficient (Wildman–Crippen LogP) is 1.00. The summed E-state index contributed by atoms with van der Waals surface area (Å²) in [6, 6.07) is 4.07. The molecule has 0 heterocycles. The van der Waals surface area contributed by atoms with Crippen molar-refractivity contribution in [1.82, 2.24) is 0 Å². The van der Waals surface area contributed by atoms with Gasteiger partial charge in [0.05, 0.1) is 4.92 Å². The number of rotatable bonds is 2. The Hall–Kier alpha value is -2.55. The Morgan fingerprint density at radius 3 is 2.81 bits per heavy atom. The van der Waals surface area contributed by atoms with Crippen LogP contribution >= 0.6 is 0 Å². The van der Waals surface area contributed by atoms with Gasteiger partial charge < -0.3 is 10.8 Å². The molecule has 0 amide bonds. The van der Waals surface area contributed by atoms with Gasteiger partial charge in [0.25, 0.3) is 5.69 Å². The van der Waals surface area contributed by atoms with E-state index in [1.54, 1.807) is 0 Å². The Balaban J connectivity index is 2.98. The van der Waals surface area contributed by atoms with Crippen LogP contribution in [0, 0.1) is 22.0 Å². The van der Waals surface area contributed by atoms with Crippen LogP contribution in [0.3, 0.4) is 0 Å². The minimum atomic E-state index is -1.04. The molecule has 0 atom stereocenters. The molecule has 0 radical (unpaired) electrons. The number of aliphatic carboxylic acids is 1. The highest BCUT2D eigenvalue weighted by atomic mass is 16.6. The maximum atomic E-state index is 10.5. The first-order chi connectivity index (χ1) is 7.50. The molecule has 0 aromatic heterocycles. The second kappa shape index (κ2) is 4.79. The Morgan fingerprint density at radius 1 is 1.56 bits per heavy atom.